The Hall–Kier alpha value is -1.73. The van der Waals surface area contributed by atoms with Crippen LogP contribution in [0.2, 0.25) is 0 Å². The van der Waals surface area contributed by atoms with Gasteiger partial charge in [0.25, 0.3) is 0 Å². The van der Waals surface area contributed by atoms with E-state index in [-0.39, 0.29) is 0 Å². The van der Waals surface area contributed by atoms with E-state index in [1.165, 1.54) is 5.69 Å². The third-order valence-corrected chi connectivity index (χ3v) is 4.08. The minimum atomic E-state index is 0.458. The van der Waals surface area contributed by atoms with Crippen molar-refractivity contribution >= 4 is 0 Å². The van der Waals surface area contributed by atoms with E-state index in [4.69, 9.17) is 4.52 Å². The summed E-state index contributed by atoms with van der Waals surface area (Å²) in [6.45, 7) is 12.1. The van der Waals surface area contributed by atoms with Crippen molar-refractivity contribution in [2.75, 3.05) is 26.2 Å². The molecule has 3 heterocycles. The van der Waals surface area contributed by atoms with E-state index in [1.807, 2.05) is 19.4 Å². The highest BCUT2D eigenvalue weighted by Crippen LogP contribution is 2.14. The Balaban J connectivity index is 1.50. The Labute approximate surface area is 130 Å². The third kappa shape index (κ3) is 3.53. The highest BCUT2D eigenvalue weighted by atomic mass is 16.5. The molecule has 0 amide bonds. The molecule has 7 heteroatoms. The Bertz CT molecular complexity index is 597. The summed E-state index contributed by atoms with van der Waals surface area (Å²) in [6, 6.07) is 0.458. The number of hydrogen-bond acceptors (Lipinski definition) is 6. The van der Waals surface area contributed by atoms with Gasteiger partial charge in [-0.15, -0.1) is 0 Å². The molecular formula is C15H24N6O. The number of aromatic nitrogens is 4. The summed E-state index contributed by atoms with van der Waals surface area (Å²) in [5, 5.41) is 3.84. The molecule has 0 saturated carbocycles. The number of rotatable bonds is 5. The summed E-state index contributed by atoms with van der Waals surface area (Å²) < 4.78 is 7.44. The summed E-state index contributed by atoms with van der Waals surface area (Å²) in [5.41, 5.74) is 1.29. The second-order valence-electron chi connectivity index (χ2n) is 6.17. The van der Waals surface area contributed by atoms with Crippen LogP contribution in [-0.2, 0) is 13.1 Å². The van der Waals surface area contributed by atoms with Crippen molar-refractivity contribution < 1.29 is 4.52 Å². The van der Waals surface area contributed by atoms with Crippen LogP contribution in [0.4, 0.5) is 0 Å². The van der Waals surface area contributed by atoms with Gasteiger partial charge in [0.05, 0.1) is 18.6 Å². The van der Waals surface area contributed by atoms with Crippen LogP contribution in [-0.4, -0.2) is 55.7 Å². The zero-order chi connectivity index (χ0) is 15.5. The number of piperazine rings is 1. The molecule has 0 aromatic carbocycles. The summed E-state index contributed by atoms with van der Waals surface area (Å²) in [4.78, 5) is 13.4. The molecule has 2 aromatic heterocycles. The van der Waals surface area contributed by atoms with Crippen molar-refractivity contribution in [3.05, 3.63) is 29.9 Å². The Morgan fingerprint density at radius 3 is 2.41 bits per heavy atom. The lowest BCUT2D eigenvalue weighted by molar-refractivity contribution is 0.110. The fourth-order valence-electron chi connectivity index (χ4n) is 2.85. The molecule has 0 N–H and O–H groups in total. The van der Waals surface area contributed by atoms with Crippen molar-refractivity contribution in [2.24, 2.45) is 0 Å². The molecule has 0 aliphatic carbocycles. The van der Waals surface area contributed by atoms with E-state index in [0.717, 1.165) is 39.3 Å². The molecular weight excluding hydrogens is 280 g/mol. The van der Waals surface area contributed by atoms with E-state index >= 15 is 0 Å². The van der Waals surface area contributed by atoms with Gasteiger partial charge < -0.3 is 9.09 Å². The average Bonchev–Trinajstić information content (AvgIpc) is 3.10. The topological polar surface area (TPSA) is 63.2 Å². The van der Waals surface area contributed by atoms with Gasteiger partial charge in [0.15, 0.2) is 5.82 Å². The highest BCUT2D eigenvalue weighted by Gasteiger charge is 2.20. The predicted octanol–water partition coefficient (Wildman–Crippen LogP) is 1.47. The zero-order valence-electron chi connectivity index (χ0n) is 13.6. The van der Waals surface area contributed by atoms with Gasteiger partial charge in [-0.3, -0.25) is 9.80 Å². The SMILES string of the molecule is Cc1noc(CN2CCN(Cc3cncn3C(C)C)CC2)n1. The first-order valence-corrected chi connectivity index (χ1v) is 7.86. The molecule has 0 unspecified atom stereocenters. The normalized spacial score (nSPS) is 17.5. The molecule has 0 atom stereocenters. The van der Waals surface area contributed by atoms with E-state index in [2.05, 4.69) is 43.3 Å². The first kappa shape index (κ1) is 15.2. The second-order valence-corrected chi connectivity index (χ2v) is 6.17. The summed E-state index contributed by atoms with van der Waals surface area (Å²) in [7, 11) is 0. The molecule has 1 fully saturated rings. The zero-order valence-corrected chi connectivity index (χ0v) is 13.6. The van der Waals surface area contributed by atoms with Crippen LogP contribution in [0.3, 0.4) is 0 Å². The molecule has 7 nitrogen and oxygen atoms in total. The number of aryl methyl sites for hydroxylation is 1. The summed E-state index contributed by atoms with van der Waals surface area (Å²) >= 11 is 0. The van der Waals surface area contributed by atoms with Crippen LogP contribution in [0, 0.1) is 6.92 Å². The Morgan fingerprint density at radius 1 is 1.14 bits per heavy atom. The van der Waals surface area contributed by atoms with E-state index in [0.29, 0.717) is 17.8 Å². The molecule has 22 heavy (non-hydrogen) atoms. The molecule has 1 saturated heterocycles. The molecule has 1 aliphatic rings. The maximum absolute atomic E-state index is 5.19. The van der Waals surface area contributed by atoms with Gasteiger partial charge in [0.1, 0.15) is 0 Å². The highest BCUT2D eigenvalue weighted by molar-refractivity contribution is 5.00. The minimum absolute atomic E-state index is 0.458. The molecule has 0 spiro atoms. The molecule has 1 aliphatic heterocycles. The van der Waals surface area contributed by atoms with Crippen molar-refractivity contribution in [3.8, 4) is 0 Å². The quantitative estimate of drug-likeness (QED) is 0.833. The van der Waals surface area contributed by atoms with Crippen LogP contribution >= 0.6 is 0 Å². The van der Waals surface area contributed by atoms with Gasteiger partial charge in [-0.1, -0.05) is 5.16 Å². The van der Waals surface area contributed by atoms with Gasteiger partial charge in [0, 0.05) is 45.0 Å². The van der Waals surface area contributed by atoms with E-state index < -0.39 is 0 Å². The second kappa shape index (κ2) is 6.58. The van der Waals surface area contributed by atoms with Gasteiger partial charge in [0.2, 0.25) is 5.89 Å². The van der Waals surface area contributed by atoms with Gasteiger partial charge >= 0.3 is 0 Å². The smallest absolute Gasteiger partial charge is 0.240 e. The summed E-state index contributed by atoms with van der Waals surface area (Å²) in [5.74, 6) is 1.42. The predicted molar refractivity (Wildman–Crippen MR) is 82.2 cm³/mol. The van der Waals surface area contributed by atoms with Crippen LogP contribution in [0.1, 0.15) is 37.3 Å². The lowest BCUT2D eigenvalue weighted by Gasteiger charge is -2.34. The lowest BCUT2D eigenvalue weighted by Crippen LogP contribution is -2.45. The lowest BCUT2D eigenvalue weighted by atomic mass is 10.2. The largest absolute Gasteiger partial charge is 0.338 e. The third-order valence-electron chi connectivity index (χ3n) is 4.08. The van der Waals surface area contributed by atoms with Crippen LogP contribution in [0.15, 0.2) is 17.0 Å². The van der Waals surface area contributed by atoms with E-state index in [9.17, 15) is 0 Å². The first-order chi connectivity index (χ1) is 10.6. The fourth-order valence-corrected chi connectivity index (χ4v) is 2.85. The van der Waals surface area contributed by atoms with Crippen LogP contribution in [0.5, 0.6) is 0 Å². The summed E-state index contributed by atoms with van der Waals surface area (Å²) in [6.07, 6.45) is 3.90. The first-order valence-electron chi connectivity index (χ1n) is 7.86. The number of imidazole rings is 1. The van der Waals surface area contributed by atoms with Crippen molar-refractivity contribution in [1.82, 2.24) is 29.5 Å². The van der Waals surface area contributed by atoms with E-state index in [1.54, 1.807) is 0 Å². The number of nitrogens with zero attached hydrogens (tertiary/aromatic N) is 6. The molecule has 3 rings (SSSR count). The van der Waals surface area contributed by atoms with Crippen molar-refractivity contribution in [1.29, 1.82) is 0 Å². The molecule has 0 radical (unpaired) electrons. The maximum atomic E-state index is 5.19. The number of hydrogen-bond donors (Lipinski definition) is 0. The van der Waals surface area contributed by atoms with Crippen LogP contribution < -0.4 is 0 Å². The van der Waals surface area contributed by atoms with Crippen molar-refractivity contribution in [2.45, 2.75) is 39.9 Å². The van der Waals surface area contributed by atoms with Gasteiger partial charge in [-0.05, 0) is 20.8 Å². The van der Waals surface area contributed by atoms with Gasteiger partial charge in [-0.2, -0.15) is 4.98 Å². The van der Waals surface area contributed by atoms with Crippen LogP contribution in [0.25, 0.3) is 0 Å². The standard InChI is InChI=1S/C15H24N6O/c1-12(2)21-11-16-8-14(21)9-19-4-6-20(7-5-19)10-15-17-13(3)18-22-15/h8,11-12H,4-7,9-10H2,1-3H3. The monoisotopic (exact) mass is 304 g/mol. The van der Waals surface area contributed by atoms with Gasteiger partial charge in [-0.25, -0.2) is 4.98 Å². The fraction of sp³-hybridized carbons (Fsp3) is 0.667. The molecule has 0 bridgehead atoms. The molecule has 2 aromatic rings. The minimum Gasteiger partial charge on any atom is -0.338 e. The molecule has 120 valence electrons. The van der Waals surface area contributed by atoms with Crippen molar-refractivity contribution in [3.63, 3.8) is 0 Å². The Kier molecular flexibility index (Phi) is 4.54. The average molecular weight is 304 g/mol. The maximum Gasteiger partial charge on any atom is 0.240 e. The Morgan fingerprint density at radius 2 is 1.82 bits per heavy atom.